The Labute approximate surface area is 104 Å². The van der Waals surface area contributed by atoms with Crippen LogP contribution in [0.25, 0.3) is 4.85 Å². The van der Waals surface area contributed by atoms with Gasteiger partial charge in [0.15, 0.2) is 5.82 Å². The van der Waals surface area contributed by atoms with Crippen molar-refractivity contribution in [2.75, 3.05) is 19.4 Å². The zero-order valence-electron chi connectivity index (χ0n) is 9.67. The molecule has 0 fully saturated rings. The number of nitriles is 3. The SMILES string of the molecule is CO.N#CCc1[nH]nc(N)c1C#N.[C-]#[N+]CC#N. The molecule has 1 aromatic heterocycles. The first kappa shape index (κ1) is 17.3. The van der Waals surface area contributed by atoms with Crippen molar-refractivity contribution in [3.05, 3.63) is 22.7 Å². The molecule has 0 unspecified atom stereocenters. The van der Waals surface area contributed by atoms with E-state index in [9.17, 15) is 0 Å². The number of hydrogen-bond acceptors (Lipinski definition) is 6. The van der Waals surface area contributed by atoms with Gasteiger partial charge in [-0.2, -0.15) is 20.9 Å². The van der Waals surface area contributed by atoms with Crippen molar-refractivity contribution in [2.45, 2.75) is 6.42 Å². The fourth-order valence-corrected chi connectivity index (χ4v) is 0.761. The maximum absolute atomic E-state index is 8.52. The number of nitrogens with zero attached hydrogens (tertiary/aromatic N) is 5. The second-order valence-corrected chi connectivity index (χ2v) is 2.38. The summed E-state index contributed by atoms with van der Waals surface area (Å²) in [5, 5.41) is 37.5. The number of nitrogens with two attached hydrogens (primary N) is 1. The monoisotopic (exact) mass is 245 g/mol. The quantitative estimate of drug-likeness (QED) is 0.466. The van der Waals surface area contributed by atoms with E-state index in [0.717, 1.165) is 7.11 Å². The van der Waals surface area contributed by atoms with Gasteiger partial charge in [0, 0.05) is 7.11 Å². The number of aliphatic hydroxyl groups excluding tert-OH is 1. The third kappa shape index (κ3) is 6.42. The third-order valence-corrected chi connectivity index (χ3v) is 1.39. The van der Waals surface area contributed by atoms with Gasteiger partial charge >= 0.3 is 0 Å². The number of nitrogen functional groups attached to an aromatic ring is 1. The summed E-state index contributed by atoms with van der Waals surface area (Å²) < 4.78 is 0. The van der Waals surface area contributed by atoms with Crippen LogP contribution in [0.1, 0.15) is 11.3 Å². The summed E-state index contributed by atoms with van der Waals surface area (Å²) in [6, 6.07) is 5.42. The van der Waals surface area contributed by atoms with Gasteiger partial charge in [-0.05, 0) is 0 Å². The van der Waals surface area contributed by atoms with Gasteiger partial charge in [-0.3, -0.25) is 5.10 Å². The summed E-state index contributed by atoms with van der Waals surface area (Å²) in [5.74, 6) is 0.151. The van der Waals surface area contributed by atoms with Crippen LogP contribution >= 0.6 is 0 Å². The minimum absolute atomic E-state index is 0.0139. The fraction of sp³-hybridized carbons (Fsp3) is 0.300. The van der Waals surface area contributed by atoms with Gasteiger partial charge in [-0.1, -0.05) is 0 Å². The second-order valence-electron chi connectivity index (χ2n) is 2.38. The van der Waals surface area contributed by atoms with E-state index in [0.29, 0.717) is 5.69 Å². The maximum atomic E-state index is 8.52. The summed E-state index contributed by atoms with van der Waals surface area (Å²) in [6.07, 6.45) is 0.132. The highest BCUT2D eigenvalue weighted by atomic mass is 16.2. The van der Waals surface area contributed by atoms with Crippen molar-refractivity contribution in [3.8, 4) is 18.2 Å². The number of hydrogen-bond donors (Lipinski definition) is 3. The normalized spacial score (nSPS) is 6.78. The van der Waals surface area contributed by atoms with Gasteiger partial charge < -0.3 is 15.7 Å². The lowest BCUT2D eigenvalue weighted by atomic mass is 10.2. The molecular weight excluding hydrogens is 234 g/mol. The molecule has 18 heavy (non-hydrogen) atoms. The van der Waals surface area contributed by atoms with E-state index in [1.165, 1.54) is 0 Å². The van der Waals surface area contributed by atoms with Gasteiger partial charge in [-0.15, -0.1) is 0 Å². The number of H-pyrrole nitrogens is 1. The molecule has 8 heteroatoms. The zero-order valence-corrected chi connectivity index (χ0v) is 9.67. The summed E-state index contributed by atoms with van der Waals surface area (Å²) in [7, 11) is 1.00. The topological polar surface area (TPSA) is 151 Å². The van der Waals surface area contributed by atoms with E-state index in [4.69, 9.17) is 33.2 Å². The first-order valence-electron chi connectivity index (χ1n) is 4.45. The van der Waals surface area contributed by atoms with Crippen molar-refractivity contribution in [1.29, 1.82) is 15.8 Å². The van der Waals surface area contributed by atoms with Gasteiger partial charge in [0.25, 0.3) is 6.54 Å². The molecule has 4 N–H and O–H groups in total. The molecule has 1 rings (SSSR count). The molecule has 1 aromatic rings. The van der Waals surface area contributed by atoms with Crippen molar-refractivity contribution in [3.63, 3.8) is 0 Å². The van der Waals surface area contributed by atoms with Crippen LogP contribution in [0, 0.1) is 40.6 Å². The molecule has 92 valence electrons. The first-order chi connectivity index (χ1) is 8.71. The molecule has 0 atom stereocenters. The molecule has 0 aliphatic heterocycles. The average Bonchev–Trinajstić information content (AvgIpc) is 2.75. The number of rotatable bonds is 1. The molecule has 0 bridgehead atoms. The highest BCUT2D eigenvalue weighted by Crippen LogP contribution is 2.11. The molecule has 0 radical (unpaired) electrons. The van der Waals surface area contributed by atoms with Crippen LogP contribution in [0.15, 0.2) is 0 Å². The zero-order chi connectivity index (χ0) is 14.4. The predicted molar refractivity (Wildman–Crippen MR) is 62.3 cm³/mol. The van der Waals surface area contributed by atoms with E-state index in [-0.39, 0.29) is 24.3 Å². The number of nitrogens with one attached hydrogen (secondary N) is 1. The van der Waals surface area contributed by atoms with E-state index in [2.05, 4.69) is 15.0 Å². The number of aliphatic hydroxyl groups is 1. The van der Waals surface area contributed by atoms with E-state index < -0.39 is 0 Å². The van der Waals surface area contributed by atoms with Crippen molar-refractivity contribution in [2.24, 2.45) is 0 Å². The molecule has 1 heterocycles. The Kier molecular flexibility index (Phi) is 11.6. The van der Waals surface area contributed by atoms with E-state index in [1.807, 2.05) is 12.1 Å². The van der Waals surface area contributed by atoms with Crippen molar-refractivity contribution >= 4 is 5.82 Å². The van der Waals surface area contributed by atoms with Crippen LogP contribution in [-0.2, 0) is 6.42 Å². The van der Waals surface area contributed by atoms with E-state index >= 15 is 0 Å². The van der Waals surface area contributed by atoms with Crippen LogP contribution in [-0.4, -0.2) is 29.0 Å². The fourth-order valence-electron chi connectivity index (χ4n) is 0.761. The standard InChI is InChI=1S/C6H5N5.C3H2N2.CH4O/c7-2-1-5-4(3-8)6(9)11-10-5;1-5-3-2-4;1-2/h1H2,(H3,9,10,11);3H2;2H,1H3. The van der Waals surface area contributed by atoms with Gasteiger partial charge in [-0.25, -0.2) is 6.57 Å². The molecule has 0 aromatic carbocycles. The van der Waals surface area contributed by atoms with Crippen LogP contribution in [0.3, 0.4) is 0 Å². The Balaban J connectivity index is 0. The summed E-state index contributed by atoms with van der Waals surface area (Å²) >= 11 is 0. The highest BCUT2D eigenvalue weighted by Gasteiger charge is 2.08. The van der Waals surface area contributed by atoms with Crippen LogP contribution < -0.4 is 5.73 Å². The number of aromatic nitrogens is 2. The Morgan fingerprint density at radius 2 is 2.00 bits per heavy atom. The summed E-state index contributed by atoms with van der Waals surface area (Å²) in [4.78, 5) is 2.74. The molecule has 0 amide bonds. The molecule has 0 spiro atoms. The van der Waals surface area contributed by atoms with Crippen LogP contribution in [0.2, 0.25) is 0 Å². The molecule has 8 nitrogen and oxygen atoms in total. The Hall–Kier alpha value is -3.07. The van der Waals surface area contributed by atoms with Crippen LogP contribution in [0.4, 0.5) is 5.82 Å². The van der Waals surface area contributed by atoms with Gasteiger partial charge in [0.2, 0.25) is 0 Å². The highest BCUT2D eigenvalue weighted by molar-refractivity contribution is 5.51. The van der Waals surface area contributed by atoms with Gasteiger partial charge in [0.1, 0.15) is 17.7 Å². The van der Waals surface area contributed by atoms with Crippen LogP contribution in [0.5, 0.6) is 0 Å². The number of anilines is 1. The first-order valence-corrected chi connectivity index (χ1v) is 4.45. The summed E-state index contributed by atoms with van der Waals surface area (Å²) in [6.45, 7) is 5.99. The second kappa shape index (κ2) is 12.0. The lowest BCUT2D eigenvalue weighted by Crippen LogP contribution is -1.89. The summed E-state index contributed by atoms with van der Waals surface area (Å²) in [5.41, 5.74) is 6.06. The Morgan fingerprint density at radius 3 is 2.33 bits per heavy atom. The van der Waals surface area contributed by atoms with Crippen molar-refractivity contribution in [1.82, 2.24) is 10.2 Å². The average molecular weight is 245 g/mol. The minimum Gasteiger partial charge on any atom is -0.400 e. The Bertz CT molecular complexity index is 494. The molecule has 0 aliphatic carbocycles. The molecular formula is C10H11N7O. The lowest BCUT2D eigenvalue weighted by molar-refractivity contribution is 0.399. The molecule has 0 saturated carbocycles. The Morgan fingerprint density at radius 1 is 1.39 bits per heavy atom. The largest absolute Gasteiger partial charge is 0.400 e. The molecule has 0 aliphatic rings. The van der Waals surface area contributed by atoms with Crippen molar-refractivity contribution < 1.29 is 5.11 Å². The molecule has 0 saturated heterocycles. The minimum atomic E-state index is -0.0139. The van der Waals surface area contributed by atoms with Gasteiger partial charge in [0.05, 0.1) is 18.2 Å². The maximum Gasteiger partial charge on any atom is 0.298 e. The van der Waals surface area contributed by atoms with E-state index in [1.54, 1.807) is 6.07 Å². The smallest absolute Gasteiger partial charge is 0.298 e. The lowest BCUT2D eigenvalue weighted by Gasteiger charge is -1.85. The number of aromatic amines is 1. The predicted octanol–water partition coefficient (Wildman–Crippen LogP) is -0.0326. The third-order valence-electron chi connectivity index (χ3n) is 1.39.